The van der Waals surface area contributed by atoms with Crippen molar-refractivity contribution in [1.29, 1.82) is 0 Å². The molecule has 0 spiro atoms. The first kappa shape index (κ1) is 7.35. The van der Waals surface area contributed by atoms with Gasteiger partial charge in [-0.2, -0.15) is 0 Å². The molecule has 0 radical (unpaired) electrons. The molecule has 2 fully saturated rings. The maximum absolute atomic E-state index is 9.03. The summed E-state index contributed by atoms with van der Waals surface area (Å²) in [6.45, 7) is 2.56. The van der Waals surface area contributed by atoms with E-state index in [1.165, 1.54) is 19.3 Å². The van der Waals surface area contributed by atoms with Crippen molar-refractivity contribution in [1.82, 2.24) is 0 Å². The van der Waals surface area contributed by atoms with Gasteiger partial charge < -0.3 is 5.11 Å². The molecule has 0 aromatic rings. The summed E-state index contributed by atoms with van der Waals surface area (Å²) >= 11 is 0. The van der Waals surface area contributed by atoms with Crippen LogP contribution in [0.25, 0.3) is 0 Å². The highest BCUT2D eigenvalue weighted by atomic mass is 16.3. The van der Waals surface area contributed by atoms with E-state index in [0.717, 1.165) is 11.8 Å². The first-order valence-corrected chi connectivity index (χ1v) is 4.61. The molecule has 11 heavy (non-hydrogen) atoms. The highest BCUT2D eigenvalue weighted by Crippen LogP contribution is 2.51. The third-order valence-electron chi connectivity index (χ3n) is 3.47. The lowest BCUT2D eigenvalue weighted by molar-refractivity contribution is 0.187. The van der Waals surface area contributed by atoms with Crippen LogP contribution in [0.3, 0.4) is 0 Å². The molecule has 0 aromatic carbocycles. The summed E-state index contributed by atoms with van der Waals surface area (Å²) in [7, 11) is 0. The van der Waals surface area contributed by atoms with Gasteiger partial charge in [0.05, 0.1) is 0 Å². The number of fused-ring (bicyclic) bond motifs is 2. The van der Waals surface area contributed by atoms with E-state index in [1.54, 1.807) is 5.57 Å². The van der Waals surface area contributed by atoms with Crippen molar-refractivity contribution in [2.24, 2.45) is 17.8 Å². The largest absolute Gasteiger partial charge is 0.396 e. The summed E-state index contributed by atoms with van der Waals surface area (Å²) in [5.41, 5.74) is 1.65. The van der Waals surface area contributed by atoms with Gasteiger partial charge in [0, 0.05) is 6.61 Å². The predicted octanol–water partition coefficient (Wildman–Crippen LogP) is 1.97. The number of allylic oxidation sites excluding steroid dienone is 2. The van der Waals surface area contributed by atoms with Gasteiger partial charge in [-0.3, -0.25) is 0 Å². The molecule has 62 valence electrons. The Hall–Kier alpha value is -0.300. The van der Waals surface area contributed by atoms with Gasteiger partial charge in [-0.05, 0) is 43.9 Å². The molecule has 1 heteroatoms. The molecule has 0 saturated heterocycles. The minimum absolute atomic E-state index is 0.415. The minimum Gasteiger partial charge on any atom is -0.396 e. The van der Waals surface area contributed by atoms with E-state index in [4.69, 9.17) is 5.11 Å². The van der Waals surface area contributed by atoms with Gasteiger partial charge in [-0.25, -0.2) is 0 Å². The summed E-state index contributed by atoms with van der Waals surface area (Å²) in [6, 6.07) is 0. The minimum atomic E-state index is 0.415. The fraction of sp³-hybridized carbons (Fsp3) is 0.800. The van der Waals surface area contributed by atoms with E-state index in [0.29, 0.717) is 12.5 Å². The summed E-state index contributed by atoms with van der Waals surface area (Å²) in [5.74, 6) is 2.28. The van der Waals surface area contributed by atoms with Crippen LogP contribution in [0, 0.1) is 17.8 Å². The van der Waals surface area contributed by atoms with Gasteiger partial charge in [-0.1, -0.05) is 11.6 Å². The van der Waals surface area contributed by atoms with Crippen molar-refractivity contribution in [2.75, 3.05) is 6.61 Å². The molecular weight excluding hydrogens is 136 g/mol. The first-order chi connectivity index (χ1) is 5.35. The van der Waals surface area contributed by atoms with Crippen molar-refractivity contribution < 1.29 is 5.11 Å². The third-order valence-corrected chi connectivity index (χ3v) is 3.47. The van der Waals surface area contributed by atoms with Gasteiger partial charge in [0.1, 0.15) is 0 Å². The Morgan fingerprint density at radius 2 is 2.36 bits per heavy atom. The Morgan fingerprint density at radius 3 is 2.82 bits per heavy atom. The van der Waals surface area contributed by atoms with Gasteiger partial charge in [0.15, 0.2) is 0 Å². The number of hydrogen-bond acceptors (Lipinski definition) is 1. The molecule has 1 N–H and O–H groups in total. The maximum Gasteiger partial charge on any atom is 0.0462 e. The zero-order chi connectivity index (χ0) is 7.84. The average molecular weight is 152 g/mol. The van der Waals surface area contributed by atoms with Crippen molar-refractivity contribution in [2.45, 2.75) is 26.2 Å². The van der Waals surface area contributed by atoms with Gasteiger partial charge in [0.2, 0.25) is 0 Å². The molecule has 2 bridgehead atoms. The Morgan fingerprint density at radius 1 is 1.55 bits per heavy atom. The fourth-order valence-corrected chi connectivity index (χ4v) is 2.81. The topological polar surface area (TPSA) is 20.2 Å². The smallest absolute Gasteiger partial charge is 0.0462 e. The van der Waals surface area contributed by atoms with Gasteiger partial charge in [-0.15, -0.1) is 0 Å². The van der Waals surface area contributed by atoms with Crippen LogP contribution in [-0.2, 0) is 0 Å². The van der Waals surface area contributed by atoms with Gasteiger partial charge in [0.25, 0.3) is 0 Å². The van der Waals surface area contributed by atoms with E-state index < -0.39 is 0 Å². The van der Waals surface area contributed by atoms with Crippen molar-refractivity contribution in [3.8, 4) is 0 Å². The quantitative estimate of drug-likeness (QED) is 0.569. The predicted molar refractivity (Wildman–Crippen MR) is 45.2 cm³/mol. The van der Waals surface area contributed by atoms with Crippen LogP contribution in [0.5, 0.6) is 0 Å². The first-order valence-electron chi connectivity index (χ1n) is 4.61. The standard InChI is InChI=1S/C10H16O/c1-2-7-3-9-4-8(7)5-10(9)6-11/h2,8-11H,3-6H2,1H3/b7-2+. The summed E-state index contributed by atoms with van der Waals surface area (Å²) in [4.78, 5) is 0. The highest BCUT2D eigenvalue weighted by Gasteiger charge is 2.41. The summed E-state index contributed by atoms with van der Waals surface area (Å²) < 4.78 is 0. The Kier molecular flexibility index (Phi) is 1.76. The summed E-state index contributed by atoms with van der Waals surface area (Å²) in [5, 5.41) is 9.03. The van der Waals surface area contributed by atoms with Crippen LogP contribution in [0.2, 0.25) is 0 Å². The zero-order valence-corrected chi connectivity index (χ0v) is 7.09. The molecule has 2 rings (SSSR count). The van der Waals surface area contributed by atoms with Crippen molar-refractivity contribution in [3.05, 3.63) is 11.6 Å². The van der Waals surface area contributed by atoms with E-state index in [9.17, 15) is 0 Å². The van der Waals surface area contributed by atoms with Crippen LogP contribution in [-0.4, -0.2) is 11.7 Å². The third kappa shape index (κ3) is 1.02. The van der Waals surface area contributed by atoms with Crippen LogP contribution >= 0.6 is 0 Å². The number of rotatable bonds is 1. The molecule has 0 aliphatic heterocycles. The Balaban J connectivity index is 2.08. The molecule has 0 aromatic heterocycles. The van der Waals surface area contributed by atoms with Crippen molar-refractivity contribution in [3.63, 3.8) is 0 Å². The number of aliphatic hydroxyl groups is 1. The summed E-state index contributed by atoms with van der Waals surface area (Å²) in [6.07, 6.45) is 6.15. The second-order valence-electron chi connectivity index (χ2n) is 3.94. The molecular formula is C10H16O. The van der Waals surface area contributed by atoms with Crippen LogP contribution in [0.1, 0.15) is 26.2 Å². The Bertz CT molecular complexity index is 183. The normalized spacial score (nSPS) is 45.6. The van der Waals surface area contributed by atoms with Crippen LogP contribution in [0.15, 0.2) is 11.6 Å². The Labute approximate surface area is 68.1 Å². The second kappa shape index (κ2) is 2.63. The molecule has 2 aliphatic carbocycles. The van der Waals surface area contributed by atoms with E-state index in [-0.39, 0.29) is 0 Å². The monoisotopic (exact) mass is 152 g/mol. The molecule has 3 unspecified atom stereocenters. The van der Waals surface area contributed by atoms with E-state index in [1.807, 2.05) is 0 Å². The lowest BCUT2D eigenvalue weighted by Gasteiger charge is -2.20. The lowest BCUT2D eigenvalue weighted by Crippen LogP contribution is -2.15. The molecule has 3 atom stereocenters. The van der Waals surface area contributed by atoms with Crippen LogP contribution < -0.4 is 0 Å². The molecule has 2 saturated carbocycles. The number of hydrogen-bond donors (Lipinski definition) is 1. The van der Waals surface area contributed by atoms with Gasteiger partial charge >= 0.3 is 0 Å². The van der Waals surface area contributed by atoms with Crippen molar-refractivity contribution >= 4 is 0 Å². The maximum atomic E-state index is 9.03. The van der Waals surface area contributed by atoms with E-state index in [2.05, 4.69) is 13.0 Å². The average Bonchev–Trinajstić information content (AvgIpc) is 2.60. The molecule has 1 nitrogen and oxygen atoms in total. The molecule has 0 amide bonds. The lowest BCUT2D eigenvalue weighted by atomic mass is 9.86. The highest BCUT2D eigenvalue weighted by molar-refractivity contribution is 5.17. The molecule has 0 heterocycles. The zero-order valence-electron chi connectivity index (χ0n) is 7.09. The SMILES string of the molecule is C/C=C1\CC2CC1CC2CO. The number of aliphatic hydroxyl groups excluding tert-OH is 1. The second-order valence-corrected chi connectivity index (χ2v) is 3.94. The van der Waals surface area contributed by atoms with E-state index >= 15 is 0 Å². The van der Waals surface area contributed by atoms with Crippen LogP contribution in [0.4, 0.5) is 0 Å². The molecule has 2 aliphatic rings. The fourth-order valence-electron chi connectivity index (χ4n) is 2.81.